The normalized spacial score (nSPS) is 41.8. The molecule has 0 saturated carbocycles. The Balaban J connectivity index is 2.22. The lowest BCUT2D eigenvalue weighted by Crippen LogP contribution is -2.59. The average Bonchev–Trinajstić information content (AvgIpc) is 2.04. The molecule has 2 aliphatic heterocycles. The summed E-state index contributed by atoms with van der Waals surface area (Å²) in [4.78, 5) is 0. The Bertz CT molecular complexity index is 252. The molecule has 0 aromatic carbocycles. The van der Waals surface area contributed by atoms with Crippen LogP contribution >= 0.6 is 0 Å². The zero-order chi connectivity index (χ0) is 7.95. The molecule has 0 unspecified atom stereocenters. The molecule has 0 radical (unpaired) electrons. The molecule has 11 heavy (non-hydrogen) atoms. The number of piperidine rings is 1. The van der Waals surface area contributed by atoms with Crippen LogP contribution in [0.15, 0.2) is 0 Å². The molecular weight excluding hydrogens is 162 g/mol. The second kappa shape index (κ2) is 2.20. The molecule has 1 atom stereocenters. The van der Waals surface area contributed by atoms with Gasteiger partial charge in [0.05, 0.1) is 10.5 Å². The maximum absolute atomic E-state index is 11.4. The van der Waals surface area contributed by atoms with Crippen LogP contribution < -0.4 is 5.32 Å². The second-order valence-corrected chi connectivity index (χ2v) is 6.04. The fourth-order valence-corrected chi connectivity index (χ4v) is 3.87. The van der Waals surface area contributed by atoms with E-state index in [4.69, 9.17) is 0 Å². The van der Waals surface area contributed by atoms with Crippen LogP contribution in [0.4, 0.5) is 0 Å². The van der Waals surface area contributed by atoms with E-state index in [-0.39, 0.29) is 4.75 Å². The van der Waals surface area contributed by atoms with Gasteiger partial charge in [-0.2, -0.15) is 0 Å². The molecule has 1 N–H and O–H groups in total. The van der Waals surface area contributed by atoms with Crippen LogP contribution in [-0.4, -0.2) is 32.0 Å². The van der Waals surface area contributed by atoms with Crippen LogP contribution in [0.3, 0.4) is 0 Å². The van der Waals surface area contributed by atoms with Crippen molar-refractivity contribution in [3.63, 3.8) is 0 Å². The predicted octanol–water partition coefficient (Wildman–Crippen LogP) is -0.0729. The summed E-state index contributed by atoms with van der Waals surface area (Å²) in [5.41, 5.74) is 0. The number of nitrogens with one attached hydrogen (secondary N) is 1. The highest BCUT2D eigenvalue weighted by molar-refractivity contribution is 7.94. The van der Waals surface area contributed by atoms with Crippen LogP contribution in [0.5, 0.6) is 0 Å². The number of hydrogen-bond donors (Lipinski definition) is 1. The predicted molar refractivity (Wildman–Crippen MR) is 43.2 cm³/mol. The maximum Gasteiger partial charge on any atom is 0.157 e. The Morgan fingerprint density at radius 2 is 2.09 bits per heavy atom. The van der Waals surface area contributed by atoms with Gasteiger partial charge in [0.15, 0.2) is 9.84 Å². The van der Waals surface area contributed by atoms with Gasteiger partial charge in [-0.1, -0.05) is 0 Å². The van der Waals surface area contributed by atoms with Crippen molar-refractivity contribution in [2.24, 2.45) is 0 Å². The van der Waals surface area contributed by atoms with Gasteiger partial charge < -0.3 is 5.32 Å². The zero-order valence-electron chi connectivity index (χ0n) is 6.47. The Kier molecular flexibility index (Phi) is 1.51. The molecule has 1 spiro atoms. The monoisotopic (exact) mass is 175 g/mol. The summed E-state index contributed by atoms with van der Waals surface area (Å²) in [6, 6.07) is 0. The van der Waals surface area contributed by atoms with E-state index in [1.165, 1.54) is 0 Å². The molecule has 2 fully saturated rings. The molecule has 2 aliphatic rings. The smallest absolute Gasteiger partial charge is 0.157 e. The molecule has 0 aliphatic carbocycles. The average molecular weight is 175 g/mol. The van der Waals surface area contributed by atoms with Crippen molar-refractivity contribution in [2.45, 2.75) is 24.0 Å². The molecule has 64 valence electrons. The van der Waals surface area contributed by atoms with Gasteiger partial charge in [-0.25, -0.2) is 8.42 Å². The first kappa shape index (κ1) is 7.55. The highest BCUT2D eigenvalue weighted by Gasteiger charge is 2.51. The van der Waals surface area contributed by atoms with Gasteiger partial charge in [0.1, 0.15) is 0 Å². The van der Waals surface area contributed by atoms with Gasteiger partial charge in [0, 0.05) is 6.54 Å². The molecule has 2 heterocycles. The van der Waals surface area contributed by atoms with Crippen LogP contribution in [0.25, 0.3) is 0 Å². The third kappa shape index (κ3) is 0.924. The van der Waals surface area contributed by atoms with Crippen molar-refractivity contribution < 1.29 is 8.42 Å². The lowest BCUT2D eigenvalue weighted by molar-refractivity contribution is 0.353. The largest absolute Gasteiger partial charge is 0.315 e. The molecule has 4 heteroatoms. The lowest BCUT2D eigenvalue weighted by atomic mass is 9.95. The summed E-state index contributed by atoms with van der Waals surface area (Å²) in [7, 11) is -2.71. The maximum atomic E-state index is 11.4. The van der Waals surface area contributed by atoms with Crippen molar-refractivity contribution in [3.05, 3.63) is 0 Å². The van der Waals surface area contributed by atoms with Gasteiger partial charge in [-0.3, -0.25) is 0 Å². The summed E-state index contributed by atoms with van der Waals surface area (Å²) in [5, 5.41) is 3.15. The lowest BCUT2D eigenvalue weighted by Gasteiger charge is -2.43. The first-order chi connectivity index (χ1) is 5.16. The van der Waals surface area contributed by atoms with Crippen LogP contribution in [0.2, 0.25) is 0 Å². The van der Waals surface area contributed by atoms with E-state index in [2.05, 4.69) is 5.32 Å². The van der Waals surface area contributed by atoms with Gasteiger partial charge >= 0.3 is 0 Å². The summed E-state index contributed by atoms with van der Waals surface area (Å²) in [6.07, 6.45) is 2.77. The highest BCUT2D eigenvalue weighted by atomic mass is 32.2. The molecule has 0 aromatic rings. The minimum absolute atomic E-state index is 0.342. The molecule has 2 saturated heterocycles. The van der Waals surface area contributed by atoms with Crippen LogP contribution in [0, 0.1) is 0 Å². The Labute approximate surface area is 67.1 Å². The zero-order valence-corrected chi connectivity index (χ0v) is 7.28. The molecule has 0 bridgehead atoms. The summed E-state index contributed by atoms with van der Waals surface area (Å²) >= 11 is 0. The highest BCUT2D eigenvalue weighted by Crippen LogP contribution is 2.38. The summed E-state index contributed by atoms with van der Waals surface area (Å²) < 4.78 is 22.4. The number of sulfone groups is 1. The van der Waals surface area contributed by atoms with E-state index >= 15 is 0 Å². The van der Waals surface area contributed by atoms with E-state index < -0.39 is 9.84 Å². The van der Waals surface area contributed by atoms with Gasteiger partial charge in [-0.05, 0) is 25.8 Å². The minimum Gasteiger partial charge on any atom is -0.315 e. The second-order valence-electron chi connectivity index (χ2n) is 3.53. The van der Waals surface area contributed by atoms with E-state index in [0.717, 1.165) is 25.8 Å². The summed E-state index contributed by atoms with van der Waals surface area (Å²) in [5.74, 6) is 0.411. The Morgan fingerprint density at radius 3 is 2.36 bits per heavy atom. The number of rotatable bonds is 0. The first-order valence-electron chi connectivity index (χ1n) is 4.09. The van der Waals surface area contributed by atoms with E-state index in [1.54, 1.807) is 0 Å². The number of hydrogen-bond acceptors (Lipinski definition) is 3. The standard InChI is InChI=1S/C7H13NO2S/c9-11(10)5-3-7(11)2-1-4-8-6-7/h8H,1-6H2/t7-/m1/s1. The summed E-state index contributed by atoms with van der Waals surface area (Å²) in [6.45, 7) is 1.67. The third-order valence-corrected chi connectivity index (χ3v) is 5.53. The van der Waals surface area contributed by atoms with E-state index in [0.29, 0.717) is 12.3 Å². The minimum atomic E-state index is -2.71. The van der Waals surface area contributed by atoms with Crippen LogP contribution in [0.1, 0.15) is 19.3 Å². The molecular formula is C7H13NO2S. The first-order valence-corrected chi connectivity index (χ1v) is 5.75. The van der Waals surface area contributed by atoms with Crippen LogP contribution in [-0.2, 0) is 9.84 Å². The van der Waals surface area contributed by atoms with Crippen molar-refractivity contribution in [2.75, 3.05) is 18.8 Å². The molecule has 3 nitrogen and oxygen atoms in total. The Hall–Kier alpha value is -0.0900. The topological polar surface area (TPSA) is 46.2 Å². The van der Waals surface area contributed by atoms with Gasteiger partial charge in [-0.15, -0.1) is 0 Å². The third-order valence-electron chi connectivity index (χ3n) is 2.92. The van der Waals surface area contributed by atoms with Crippen molar-refractivity contribution in [1.29, 1.82) is 0 Å². The quantitative estimate of drug-likeness (QED) is 0.560. The van der Waals surface area contributed by atoms with E-state index in [9.17, 15) is 8.42 Å². The molecule has 0 aromatic heterocycles. The fraction of sp³-hybridized carbons (Fsp3) is 1.00. The Morgan fingerprint density at radius 1 is 1.27 bits per heavy atom. The van der Waals surface area contributed by atoms with Gasteiger partial charge in [0.2, 0.25) is 0 Å². The van der Waals surface area contributed by atoms with Crippen molar-refractivity contribution >= 4 is 9.84 Å². The molecule has 2 rings (SSSR count). The molecule has 0 amide bonds. The van der Waals surface area contributed by atoms with E-state index in [1.807, 2.05) is 0 Å². The van der Waals surface area contributed by atoms with Crippen molar-refractivity contribution in [3.8, 4) is 0 Å². The van der Waals surface area contributed by atoms with Gasteiger partial charge in [0.25, 0.3) is 0 Å². The van der Waals surface area contributed by atoms with Crippen molar-refractivity contribution in [1.82, 2.24) is 5.32 Å². The SMILES string of the molecule is O=S1(=O)CC[C@@]12CCCNC2. The fourth-order valence-electron chi connectivity index (χ4n) is 1.98.